The fourth-order valence-electron chi connectivity index (χ4n) is 3.16. The summed E-state index contributed by atoms with van der Waals surface area (Å²) in [5.41, 5.74) is 3.84. The molecule has 2 aromatic rings. The van der Waals surface area contributed by atoms with Crippen molar-refractivity contribution in [3.63, 3.8) is 0 Å². The Balaban J connectivity index is 1.41. The van der Waals surface area contributed by atoms with Crippen LogP contribution in [0, 0.1) is 0 Å². The van der Waals surface area contributed by atoms with E-state index in [2.05, 4.69) is 40.9 Å². The lowest BCUT2D eigenvalue weighted by atomic mass is 10.1. The van der Waals surface area contributed by atoms with E-state index in [1.54, 1.807) is 0 Å². The number of rotatable bonds is 6. The molecule has 0 atom stereocenters. The minimum atomic E-state index is 0.0516. The van der Waals surface area contributed by atoms with Gasteiger partial charge in [0.05, 0.1) is 5.69 Å². The molecule has 1 aliphatic rings. The highest BCUT2D eigenvalue weighted by atomic mass is 16.2. The van der Waals surface area contributed by atoms with Crippen LogP contribution < -0.4 is 5.32 Å². The summed E-state index contributed by atoms with van der Waals surface area (Å²) in [6, 6.07) is 10.4. The van der Waals surface area contributed by atoms with Crippen molar-refractivity contribution in [2.75, 3.05) is 6.54 Å². The van der Waals surface area contributed by atoms with E-state index >= 15 is 0 Å². The predicted octanol–water partition coefficient (Wildman–Crippen LogP) is 2.90. The summed E-state index contributed by atoms with van der Waals surface area (Å²) in [5.74, 6) is 0.0516. The standard InChI is InChI=1S/C19H25N3O/c23-19(20-13-7-10-16-8-3-1-4-9-16)15-22-14-17-11-5-2-6-12-18(17)21-22/h1,3-4,8-9,14H,2,5-7,10-13,15H2,(H,20,23). The van der Waals surface area contributed by atoms with Crippen LogP contribution in [0.3, 0.4) is 0 Å². The monoisotopic (exact) mass is 311 g/mol. The van der Waals surface area contributed by atoms with Gasteiger partial charge in [-0.05, 0) is 49.7 Å². The molecular formula is C19H25N3O. The van der Waals surface area contributed by atoms with Crippen molar-refractivity contribution in [3.05, 3.63) is 53.3 Å². The SMILES string of the molecule is O=C(Cn1cc2c(n1)CCCCC2)NCCCc1ccccc1. The summed E-state index contributed by atoms with van der Waals surface area (Å²) in [4.78, 5) is 12.0. The van der Waals surface area contributed by atoms with Crippen LogP contribution in [0.15, 0.2) is 36.5 Å². The molecule has 0 bridgehead atoms. The highest BCUT2D eigenvalue weighted by Gasteiger charge is 2.13. The van der Waals surface area contributed by atoms with Crippen molar-refractivity contribution in [2.24, 2.45) is 0 Å². The van der Waals surface area contributed by atoms with E-state index in [9.17, 15) is 4.79 Å². The lowest BCUT2D eigenvalue weighted by Crippen LogP contribution is -2.28. The summed E-state index contributed by atoms with van der Waals surface area (Å²) in [6.07, 6.45) is 9.93. The number of hydrogen-bond donors (Lipinski definition) is 1. The summed E-state index contributed by atoms with van der Waals surface area (Å²) < 4.78 is 1.81. The third-order valence-electron chi connectivity index (χ3n) is 4.40. The number of carbonyl (C=O) groups is 1. The minimum Gasteiger partial charge on any atom is -0.354 e. The first-order valence-corrected chi connectivity index (χ1v) is 8.67. The molecule has 1 heterocycles. The van der Waals surface area contributed by atoms with Gasteiger partial charge in [0, 0.05) is 12.7 Å². The van der Waals surface area contributed by atoms with Crippen LogP contribution in [0.4, 0.5) is 0 Å². The van der Waals surface area contributed by atoms with Crippen molar-refractivity contribution in [3.8, 4) is 0 Å². The van der Waals surface area contributed by atoms with E-state index in [1.165, 1.54) is 36.1 Å². The summed E-state index contributed by atoms with van der Waals surface area (Å²) in [6.45, 7) is 1.05. The molecule has 0 saturated carbocycles. The second-order valence-corrected chi connectivity index (χ2v) is 6.30. The molecule has 4 heteroatoms. The zero-order valence-electron chi connectivity index (χ0n) is 13.6. The number of aryl methyl sites for hydroxylation is 3. The molecule has 4 nitrogen and oxygen atoms in total. The number of benzene rings is 1. The normalized spacial score (nSPS) is 14.1. The van der Waals surface area contributed by atoms with Crippen molar-refractivity contribution >= 4 is 5.91 Å². The Morgan fingerprint density at radius 1 is 1.13 bits per heavy atom. The number of hydrogen-bond acceptors (Lipinski definition) is 2. The average molecular weight is 311 g/mol. The molecule has 0 aliphatic heterocycles. The first-order chi connectivity index (χ1) is 11.3. The summed E-state index contributed by atoms with van der Waals surface area (Å²) in [5, 5.41) is 7.58. The molecule has 23 heavy (non-hydrogen) atoms. The van der Waals surface area contributed by atoms with Crippen LogP contribution in [-0.2, 0) is 30.6 Å². The van der Waals surface area contributed by atoms with Crippen molar-refractivity contribution in [1.29, 1.82) is 0 Å². The van der Waals surface area contributed by atoms with Crippen LogP contribution in [-0.4, -0.2) is 22.2 Å². The Hall–Kier alpha value is -2.10. The predicted molar refractivity (Wildman–Crippen MR) is 91.3 cm³/mol. The fourth-order valence-corrected chi connectivity index (χ4v) is 3.16. The summed E-state index contributed by atoms with van der Waals surface area (Å²) in [7, 11) is 0. The maximum atomic E-state index is 12.0. The fraction of sp³-hybridized carbons (Fsp3) is 0.474. The van der Waals surface area contributed by atoms with Gasteiger partial charge in [-0.1, -0.05) is 36.8 Å². The molecule has 0 fully saturated rings. The lowest BCUT2D eigenvalue weighted by Gasteiger charge is -2.06. The third kappa shape index (κ3) is 4.68. The van der Waals surface area contributed by atoms with Gasteiger partial charge in [-0.3, -0.25) is 9.48 Å². The smallest absolute Gasteiger partial charge is 0.241 e. The molecule has 1 amide bonds. The molecule has 0 radical (unpaired) electrons. The van der Waals surface area contributed by atoms with Gasteiger partial charge in [-0.15, -0.1) is 0 Å². The van der Waals surface area contributed by atoms with Crippen LogP contribution in [0.1, 0.15) is 42.5 Å². The number of nitrogens with one attached hydrogen (secondary N) is 1. The third-order valence-corrected chi connectivity index (χ3v) is 4.40. The number of carbonyl (C=O) groups excluding carboxylic acids is 1. The van der Waals surface area contributed by atoms with Gasteiger partial charge in [-0.25, -0.2) is 0 Å². The molecule has 1 aliphatic carbocycles. The minimum absolute atomic E-state index is 0.0516. The van der Waals surface area contributed by atoms with Crippen molar-refractivity contribution in [1.82, 2.24) is 15.1 Å². The van der Waals surface area contributed by atoms with E-state index in [0.717, 1.165) is 25.7 Å². The Kier molecular flexibility index (Phi) is 5.46. The number of nitrogens with zero attached hydrogens (tertiary/aromatic N) is 2. The second kappa shape index (κ2) is 7.95. The number of amides is 1. The number of fused-ring (bicyclic) bond motifs is 1. The number of aromatic nitrogens is 2. The zero-order valence-corrected chi connectivity index (χ0v) is 13.6. The quantitative estimate of drug-likeness (QED) is 0.658. The van der Waals surface area contributed by atoms with Gasteiger partial charge in [0.25, 0.3) is 0 Å². The Labute approximate surface area is 137 Å². The molecular weight excluding hydrogens is 286 g/mol. The molecule has 0 spiro atoms. The topological polar surface area (TPSA) is 46.9 Å². The van der Waals surface area contributed by atoms with Crippen LogP contribution in [0.2, 0.25) is 0 Å². The zero-order chi connectivity index (χ0) is 15.9. The van der Waals surface area contributed by atoms with Gasteiger partial charge >= 0.3 is 0 Å². The van der Waals surface area contributed by atoms with Gasteiger partial charge < -0.3 is 5.32 Å². The van der Waals surface area contributed by atoms with Crippen LogP contribution >= 0.6 is 0 Å². The first-order valence-electron chi connectivity index (χ1n) is 8.67. The molecule has 0 saturated heterocycles. The van der Waals surface area contributed by atoms with E-state index in [-0.39, 0.29) is 5.91 Å². The summed E-state index contributed by atoms with van der Waals surface area (Å²) >= 11 is 0. The molecule has 1 aromatic heterocycles. The van der Waals surface area contributed by atoms with Gasteiger partial charge in [0.2, 0.25) is 5.91 Å². The van der Waals surface area contributed by atoms with E-state index < -0.39 is 0 Å². The average Bonchev–Trinajstić information content (AvgIpc) is 2.81. The second-order valence-electron chi connectivity index (χ2n) is 6.30. The maximum Gasteiger partial charge on any atom is 0.241 e. The van der Waals surface area contributed by atoms with Crippen molar-refractivity contribution < 1.29 is 4.79 Å². The largest absolute Gasteiger partial charge is 0.354 e. The molecule has 3 rings (SSSR count). The molecule has 1 aromatic carbocycles. The lowest BCUT2D eigenvalue weighted by molar-refractivity contribution is -0.121. The molecule has 0 unspecified atom stereocenters. The van der Waals surface area contributed by atoms with Crippen molar-refractivity contribution in [2.45, 2.75) is 51.5 Å². The van der Waals surface area contributed by atoms with Gasteiger partial charge in [0.1, 0.15) is 6.54 Å². The van der Waals surface area contributed by atoms with Crippen LogP contribution in [0.5, 0.6) is 0 Å². The highest BCUT2D eigenvalue weighted by molar-refractivity contribution is 5.75. The molecule has 122 valence electrons. The first kappa shape index (κ1) is 15.8. The van der Waals surface area contributed by atoms with Crippen LogP contribution in [0.25, 0.3) is 0 Å². The maximum absolute atomic E-state index is 12.0. The Bertz CT molecular complexity index is 610. The highest BCUT2D eigenvalue weighted by Crippen LogP contribution is 2.18. The Morgan fingerprint density at radius 3 is 2.83 bits per heavy atom. The van der Waals surface area contributed by atoms with Gasteiger partial charge in [0.15, 0.2) is 0 Å². The van der Waals surface area contributed by atoms with E-state index in [1.807, 2.05) is 10.7 Å². The van der Waals surface area contributed by atoms with E-state index in [0.29, 0.717) is 13.1 Å². The van der Waals surface area contributed by atoms with E-state index in [4.69, 9.17) is 0 Å². The van der Waals surface area contributed by atoms with Gasteiger partial charge in [-0.2, -0.15) is 5.10 Å². The molecule has 1 N–H and O–H groups in total. The Morgan fingerprint density at radius 2 is 1.96 bits per heavy atom.